The average molecular weight is 244 g/mol. The van der Waals surface area contributed by atoms with Crippen LogP contribution in [-0.2, 0) is 9.53 Å². The SMILES string of the molecule is CCOC(=O)CC[C@@H]1SC[C@@H]2NC(=O)N[C@@H]21. The van der Waals surface area contributed by atoms with Crippen molar-refractivity contribution in [2.75, 3.05) is 12.4 Å². The van der Waals surface area contributed by atoms with Gasteiger partial charge < -0.3 is 15.4 Å². The van der Waals surface area contributed by atoms with E-state index < -0.39 is 0 Å². The van der Waals surface area contributed by atoms with Crippen molar-refractivity contribution in [3.63, 3.8) is 0 Å². The van der Waals surface area contributed by atoms with Gasteiger partial charge in [0, 0.05) is 17.4 Å². The number of rotatable bonds is 4. The summed E-state index contributed by atoms with van der Waals surface area (Å²) in [6.07, 6.45) is 1.21. The number of carbonyl (C=O) groups is 2. The molecule has 2 aliphatic rings. The smallest absolute Gasteiger partial charge is 0.315 e. The first-order valence-corrected chi connectivity index (χ1v) is 6.60. The molecule has 0 aromatic heterocycles. The van der Waals surface area contributed by atoms with Crippen molar-refractivity contribution in [1.29, 1.82) is 0 Å². The van der Waals surface area contributed by atoms with E-state index in [0.717, 1.165) is 12.2 Å². The molecule has 0 aliphatic carbocycles. The maximum absolute atomic E-state index is 11.2. The lowest BCUT2D eigenvalue weighted by Gasteiger charge is -2.15. The highest BCUT2D eigenvalue weighted by atomic mass is 32.2. The third kappa shape index (κ3) is 2.42. The number of fused-ring (bicyclic) bond motifs is 1. The Bertz CT molecular complexity index is 298. The van der Waals surface area contributed by atoms with Crippen LogP contribution in [0.5, 0.6) is 0 Å². The van der Waals surface area contributed by atoms with E-state index in [0.29, 0.717) is 18.3 Å². The van der Waals surface area contributed by atoms with Crippen LogP contribution in [0, 0.1) is 0 Å². The van der Waals surface area contributed by atoms with E-state index in [1.807, 2.05) is 11.8 Å². The number of carbonyl (C=O) groups excluding carboxylic acids is 2. The summed E-state index contributed by atoms with van der Waals surface area (Å²) in [4.78, 5) is 22.3. The summed E-state index contributed by atoms with van der Waals surface area (Å²) < 4.78 is 4.88. The maximum Gasteiger partial charge on any atom is 0.315 e. The lowest BCUT2D eigenvalue weighted by molar-refractivity contribution is -0.143. The van der Waals surface area contributed by atoms with Crippen molar-refractivity contribution in [2.24, 2.45) is 0 Å². The van der Waals surface area contributed by atoms with E-state index in [-0.39, 0.29) is 24.1 Å². The van der Waals surface area contributed by atoms with Gasteiger partial charge in [0.2, 0.25) is 0 Å². The summed E-state index contributed by atoms with van der Waals surface area (Å²) in [5.41, 5.74) is 0. The Morgan fingerprint density at radius 2 is 2.38 bits per heavy atom. The zero-order valence-electron chi connectivity index (χ0n) is 9.19. The second kappa shape index (κ2) is 4.95. The van der Waals surface area contributed by atoms with Crippen LogP contribution in [0.25, 0.3) is 0 Å². The van der Waals surface area contributed by atoms with Gasteiger partial charge in [-0.25, -0.2) is 4.79 Å². The monoisotopic (exact) mass is 244 g/mol. The molecule has 2 aliphatic heterocycles. The molecule has 0 bridgehead atoms. The van der Waals surface area contributed by atoms with Crippen LogP contribution in [0.1, 0.15) is 19.8 Å². The van der Waals surface area contributed by atoms with Crippen molar-refractivity contribution in [3.05, 3.63) is 0 Å². The van der Waals surface area contributed by atoms with Crippen molar-refractivity contribution in [3.8, 4) is 0 Å². The summed E-state index contributed by atoms with van der Waals surface area (Å²) in [5.74, 6) is 0.778. The number of amides is 2. The lowest BCUT2D eigenvalue weighted by atomic mass is 10.0. The molecular formula is C10H16N2O3S. The average Bonchev–Trinajstić information content (AvgIpc) is 2.75. The van der Waals surface area contributed by atoms with Crippen molar-refractivity contribution >= 4 is 23.8 Å². The predicted octanol–water partition coefficient (Wildman–Crippen LogP) is 0.495. The van der Waals surface area contributed by atoms with Crippen LogP contribution in [-0.4, -0.2) is 41.7 Å². The third-order valence-corrected chi connectivity index (χ3v) is 4.39. The summed E-state index contributed by atoms with van der Waals surface area (Å²) in [6.45, 7) is 2.24. The minimum atomic E-state index is -0.149. The minimum absolute atomic E-state index is 0.0866. The highest BCUT2D eigenvalue weighted by Crippen LogP contribution is 2.32. The lowest BCUT2D eigenvalue weighted by Crippen LogP contribution is -2.37. The molecule has 0 unspecified atom stereocenters. The number of esters is 1. The predicted molar refractivity (Wildman–Crippen MR) is 61.4 cm³/mol. The molecular weight excluding hydrogens is 228 g/mol. The number of thioether (sulfide) groups is 1. The maximum atomic E-state index is 11.2. The van der Waals surface area contributed by atoms with E-state index in [1.54, 1.807) is 6.92 Å². The Morgan fingerprint density at radius 3 is 3.12 bits per heavy atom. The summed E-state index contributed by atoms with van der Waals surface area (Å²) in [6, 6.07) is 0.313. The summed E-state index contributed by atoms with van der Waals surface area (Å²) >= 11 is 1.81. The van der Waals surface area contributed by atoms with Crippen LogP contribution in [0.3, 0.4) is 0 Å². The first-order chi connectivity index (χ1) is 7.70. The number of ether oxygens (including phenoxy) is 1. The molecule has 0 aromatic rings. The van der Waals surface area contributed by atoms with Gasteiger partial charge in [0.1, 0.15) is 0 Å². The molecule has 5 nitrogen and oxygen atoms in total. The largest absolute Gasteiger partial charge is 0.466 e. The van der Waals surface area contributed by atoms with Crippen LogP contribution in [0.2, 0.25) is 0 Å². The fourth-order valence-electron chi connectivity index (χ4n) is 2.14. The van der Waals surface area contributed by atoms with Gasteiger partial charge in [-0.1, -0.05) is 0 Å². The third-order valence-electron chi connectivity index (χ3n) is 2.88. The van der Waals surface area contributed by atoms with Crippen LogP contribution < -0.4 is 10.6 Å². The number of nitrogens with one attached hydrogen (secondary N) is 2. The van der Waals surface area contributed by atoms with Crippen LogP contribution in [0.4, 0.5) is 4.79 Å². The quantitative estimate of drug-likeness (QED) is 0.558. The van der Waals surface area contributed by atoms with E-state index >= 15 is 0 Å². The molecule has 16 heavy (non-hydrogen) atoms. The normalized spacial score (nSPS) is 31.8. The molecule has 2 N–H and O–H groups in total. The van der Waals surface area contributed by atoms with Gasteiger partial charge in [0.15, 0.2) is 0 Å². The van der Waals surface area contributed by atoms with E-state index in [9.17, 15) is 9.59 Å². The van der Waals surface area contributed by atoms with Crippen molar-refractivity contribution in [2.45, 2.75) is 37.1 Å². The Kier molecular flexibility index (Phi) is 3.58. The van der Waals surface area contributed by atoms with Gasteiger partial charge in [-0.15, -0.1) is 0 Å². The Hall–Kier alpha value is -0.910. The second-order valence-electron chi connectivity index (χ2n) is 3.97. The molecule has 3 atom stereocenters. The molecule has 2 fully saturated rings. The molecule has 0 spiro atoms. The van der Waals surface area contributed by atoms with Gasteiger partial charge in [0.05, 0.1) is 18.7 Å². The highest BCUT2D eigenvalue weighted by molar-refractivity contribution is 8.00. The molecule has 0 aromatic carbocycles. The topological polar surface area (TPSA) is 67.4 Å². The van der Waals surface area contributed by atoms with Gasteiger partial charge in [-0.3, -0.25) is 4.79 Å². The van der Waals surface area contributed by atoms with Gasteiger partial charge in [-0.05, 0) is 13.3 Å². The molecule has 90 valence electrons. The molecule has 6 heteroatoms. The fraction of sp³-hybridized carbons (Fsp3) is 0.800. The van der Waals surface area contributed by atoms with E-state index in [4.69, 9.17) is 4.74 Å². The van der Waals surface area contributed by atoms with Crippen LogP contribution >= 0.6 is 11.8 Å². The Balaban J connectivity index is 1.78. The molecule has 2 amide bonds. The van der Waals surface area contributed by atoms with E-state index in [2.05, 4.69) is 10.6 Å². The molecule has 2 rings (SSSR count). The second-order valence-corrected chi connectivity index (χ2v) is 5.24. The van der Waals surface area contributed by atoms with Gasteiger partial charge in [-0.2, -0.15) is 11.8 Å². The van der Waals surface area contributed by atoms with Crippen molar-refractivity contribution in [1.82, 2.24) is 10.6 Å². The zero-order valence-corrected chi connectivity index (χ0v) is 10.0. The number of hydrogen-bond donors (Lipinski definition) is 2. The summed E-state index contributed by atoms with van der Waals surface area (Å²) in [7, 11) is 0. The van der Waals surface area contributed by atoms with Crippen LogP contribution in [0.15, 0.2) is 0 Å². The minimum Gasteiger partial charge on any atom is -0.466 e. The first kappa shape index (κ1) is 11.6. The number of urea groups is 1. The fourth-order valence-corrected chi connectivity index (χ4v) is 3.63. The molecule has 0 radical (unpaired) electrons. The molecule has 0 saturated carbocycles. The number of hydrogen-bond acceptors (Lipinski definition) is 4. The highest BCUT2D eigenvalue weighted by Gasteiger charge is 2.42. The first-order valence-electron chi connectivity index (χ1n) is 5.55. The standard InChI is InChI=1S/C10H16N2O3S/c1-2-15-8(13)4-3-7-9-6(5-16-7)11-10(14)12-9/h6-7,9H,2-5H2,1H3,(H2,11,12,14)/t6-,7-,9-/m0/s1. The Morgan fingerprint density at radius 1 is 1.56 bits per heavy atom. The van der Waals surface area contributed by atoms with Crippen molar-refractivity contribution < 1.29 is 14.3 Å². The van der Waals surface area contributed by atoms with Gasteiger partial charge in [0.25, 0.3) is 0 Å². The molecule has 2 heterocycles. The Labute approximate surface area is 98.7 Å². The van der Waals surface area contributed by atoms with Gasteiger partial charge >= 0.3 is 12.0 Å². The van der Waals surface area contributed by atoms with E-state index in [1.165, 1.54) is 0 Å². The molecule has 2 saturated heterocycles. The summed E-state index contributed by atoms with van der Waals surface area (Å²) in [5, 5.41) is 6.10. The zero-order chi connectivity index (χ0) is 11.5.